The smallest absolute Gasteiger partial charge is 0.549 e. The van der Waals surface area contributed by atoms with Crippen molar-refractivity contribution in [3.63, 3.8) is 0 Å². The molecule has 1 fully saturated rings. The Bertz CT molecular complexity index is 195. The molecule has 0 unspecified atom stereocenters. The topological polar surface area (TPSA) is 100 Å². The molecule has 0 aromatic rings. The minimum atomic E-state index is -1.95. The summed E-state index contributed by atoms with van der Waals surface area (Å²) in [5.41, 5.74) is -1.95. The SMILES string of the molecule is O=C([O-])C1(C(=O)[O-])CC(O)C1.[Ag+].[Ag+]. The first-order chi connectivity index (χ1) is 4.99. The van der Waals surface area contributed by atoms with Gasteiger partial charge in [0.15, 0.2) is 0 Å². The molecule has 0 bridgehead atoms. The fourth-order valence-corrected chi connectivity index (χ4v) is 1.16. The van der Waals surface area contributed by atoms with Gasteiger partial charge in [0.2, 0.25) is 0 Å². The van der Waals surface area contributed by atoms with Crippen LogP contribution in [0.3, 0.4) is 0 Å². The number of hydrogen-bond acceptors (Lipinski definition) is 5. The molecule has 1 N–H and O–H groups in total. The van der Waals surface area contributed by atoms with Crippen LogP contribution in [0.2, 0.25) is 0 Å². The Morgan fingerprint density at radius 3 is 1.54 bits per heavy atom. The Morgan fingerprint density at radius 2 is 1.46 bits per heavy atom. The van der Waals surface area contributed by atoms with E-state index in [2.05, 4.69) is 0 Å². The zero-order valence-electron chi connectivity index (χ0n) is 6.17. The van der Waals surface area contributed by atoms with E-state index in [1.54, 1.807) is 0 Å². The van der Waals surface area contributed by atoms with Gasteiger partial charge in [-0.25, -0.2) is 0 Å². The van der Waals surface area contributed by atoms with Crippen LogP contribution >= 0.6 is 0 Å². The molecule has 0 aromatic carbocycles. The Hall–Kier alpha value is 0.381. The van der Waals surface area contributed by atoms with Crippen LogP contribution in [0.1, 0.15) is 12.8 Å². The summed E-state index contributed by atoms with van der Waals surface area (Å²) in [6.45, 7) is 0. The van der Waals surface area contributed by atoms with Crippen LogP contribution in [0.15, 0.2) is 0 Å². The fourth-order valence-electron chi connectivity index (χ4n) is 1.16. The Balaban J connectivity index is 0. The number of rotatable bonds is 2. The molecule has 1 aliphatic rings. The normalized spacial score (nSPS) is 18.8. The number of carboxylic acid groups (broad SMARTS) is 2. The maximum Gasteiger partial charge on any atom is 1.00 e. The molecule has 0 saturated heterocycles. The number of aliphatic carboxylic acids is 2. The van der Waals surface area contributed by atoms with Crippen molar-refractivity contribution in [2.45, 2.75) is 18.9 Å². The summed E-state index contributed by atoms with van der Waals surface area (Å²) in [5, 5.41) is 29.2. The van der Waals surface area contributed by atoms with Gasteiger partial charge in [0.25, 0.3) is 0 Å². The number of carboxylic acids is 2. The molecule has 7 heteroatoms. The maximum absolute atomic E-state index is 10.2. The molecule has 82 valence electrons. The van der Waals surface area contributed by atoms with Gasteiger partial charge in [-0.15, -0.1) is 0 Å². The molecular formula is C6H6Ag2O5. The van der Waals surface area contributed by atoms with Crippen LogP contribution in [-0.4, -0.2) is 23.1 Å². The quantitative estimate of drug-likeness (QED) is 0.402. The third-order valence-corrected chi connectivity index (χ3v) is 1.95. The van der Waals surface area contributed by atoms with Crippen molar-refractivity contribution in [1.29, 1.82) is 0 Å². The van der Waals surface area contributed by atoms with Crippen molar-refractivity contribution >= 4 is 11.9 Å². The number of aliphatic hydroxyl groups excluding tert-OH is 1. The molecule has 0 spiro atoms. The molecule has 0 atom stereocenters. The van der Waals surface area contributed by atoms with Gasteiger partial charge in [-0.2, -0.15) is 0 Å². The molecule has 1 saturated carbocycles. The summed E-state index contributed by atoms with van der Waals surface area (Å²) < 4.78 is 0. The van der Waals surface area contributed by atoms with E-state index >= 15 is 0 Å². The maximum atomic E-state index is 10.2. The molecule has 5 nitrogen and oxygen atoms in total. The van der Waals surface area contributed by atoms with Gasteiger partial charge in [0.1, 0.15) is 0 Å². The Kier molecular flexibility index (Phi) is 6.47. The van der Waals surface area contributed by atoms with Gasteiger partial charge in [-0.3, -0.25) is 0 Å². The zero-order valence-corrected chi connectivity index (χ0v) is 9.14. The van der Waals surface area contributed by atoms with E-state index in [1.165, 1.54) is 0 Å². The summed E-state index contributed by atoms with van der Waals surface area (Å²) >= 11 is 0. The Morgan fingerprint density at radius 1 is 1.15 bits per heavy atom. The number of carbonyl (C=O) groups is 2. The predicted octanol–water partition coefficient (Wildman–Crippen LogP) is -3.38. The van der Waals surface area contributed by atoms with E-state index in [1.807, 2.05) is 0 Å². The Labute approximate surface area is 106 Å². The second kappa shape index (κ2) is 5.31. The first kappa shape index (κ1) is 15.8. The predicted molar refractivity (Wildman–Crippen MR) is 27.7 cm³/mol. The molecule has 0 aliphatic heterocycles. The first-order valence-corrected chi connectivity index (χ1v) is 3.10. The van der Waals surface area contributed by atoms with Crippen molar-refractivity contribution in [2.24, 2.45) is 5.41 Å². The fraction of sp³-hybridized carbons (Fsp3) is 0.667. The van der Waals surface area contributed by atoms with E-state index in [0.717, 1.165) is 0 Å². The second-order valence-corrected chi connectivity index (χ2v) is 2.72. The number of hydrogen-bond donors (Lipinski definition) is 1. The van der Waals surface area contributed by atoms with Gasteiger partial charge in [0, 0.05) is 0 Å². The van der Waals surface area contributed by atoms with Crippen LogP contribution in [0.5, 0.6) is 0 Å². The molecule has 1 aliphatic carbocycles. The molecule has 0 amide bonds. The first-order valence-electron chi connectivity index (χ1n) is 3.10. The van der Waals surface area contributed by atoms with E-state index in [9.17, 15) is 19.8 Å². The van der Waals surface area contributed by atoms with E-state index in [0.29, 0.717) is 0 Å². The van der Waals surface area contributed by atoms with Crippen LogP contribution in [0, 0.1) is 5.41 Å². The molecule has 0 radical (unpaired) electrons. The molecule has 1 rings (SSSR count). The number of carbonyl (C=O) groups excluding carboxylic acids is 2. The summed E-state index contributed by atoms with van der Waals surface area (Å²) in [6, 6.07) is 0. The minimum Gasteiger partial charge on any atom is -0.549 e. The van der Waals surface area contributed by atoms with Gasteiger partial charge < -0.3 is 24.9 Å². The van der Waals surface area contributed by atoms with Crippen molar-refractivity contribution in [2.75, 3.05) is 0 Å². The van der Waals surface area contributed by atoms with E-state index < -0.39 is 23.5 Å². The molecule has 13 heavy (non-hydrogen) atoms. The summed E-state index contributed by atoms with van der Waals surface area (Å²) in [7, 11) is 0. The number of aliphatic hydroxyl groups is 1. The third kappa shape index (κ3) is 2.66. The van der Waals surface area contributed by atoms with Crippen molar-refractivity contribution < 1.29 is 69.7 Å². The van der Waals surface area contributed by atoms with Crippen LogP contribution in [-0.2, 0) is 54.3 Å². The molecular weight excluding hydrogens is 368 g/mol. The van der Waals surface area contributed by atoms with Crippen molar-refractivity contribution in [3.8, 4) is 0 Å². The second-order valence-electron chi connectivity index (χ2n) is 2.72. The largest absolute Gasteiger partial charge is 1.00 e. The molecule has 0 heterocycles. The summed E-state index contributed by atoms with van der Waals surface area (Å²) in [4.78, 5) is 20.5. The summed E-state index contributed by atoms with van der Waals surface area (Å²) in [5.74, 6) is -3.36. The third-order valence-electron chi connectivity index (χ3n) is 1.95. The molecule has 0 aromatic heterocycles. The van der Waals surface area contributed by atoms with Crippen molar-refractivity contribution in [1.82, 2.24) is 0 Å². The average Bonchev–Trinajstić information content (AvgIpc) is 1.78. The summed E-state index contributed by atoms with van der Waals surface area (Å²) in [6.07, 6.45) is -1.47. The van der Waals surface area contributed by atoms with E-state index in [4.69, 9.17) is 5.11 Å². The van der Waals surface area contributed by atoms with Crippen LogP contribution in [0.4, 0.5) is 0 Å². The monoisotopic (exact) mass is 372 g/mol. The average molecular weight is 374 g/mol. The van der Waals surface area contributed by atoms with E-state index in [-0.39, 0.29) is 57.6 Å². The van der Waals surface area contributed by atoms with Gasteiger partial charge >= 0.3 is 44.8 Å². The standard InChI is InChI=1S/C6H8O5.2Ag/c7-3-1-6(2-3,4(8)9)5(10)11;;/h3,7H,1-2H2,(H,8,9)(H,10,11);;/q;2*+1/p-2. The van der Waals surface area contributed by atoms with Crippen LogP contribution in [0.25, 0.3) is 0 Å². The van der Waals surface area contributed by atoms with Gasteiger partial charge in [-0.1, -0.05) is 0 Å². The zero-order chi connectivity index (χ0) is 8.65. The van der Waals surface area contributed by atoms with Crippen LogP contribution < -0.4 is 10.2 Å². The van der Waals surface area contributed by atoms with Gasteiger partial charge in [0.05, 0.1) is 23.5 Å². The minimum absolute atomic E-state index is 0. The van der Waals surface area contributed by atoms with Gasteiger partial charge in [-0.05, 0) is 12.8 Å². The van der Waals surface area contributed by atoms with Crippen molar-refractivity contribution in [3.05, 3.63) is 0 Å².